The van der Waals surface area contributed by atoms with Gasteiger partial charge in [-0.05, 0) is 25.5 Å². The Morgan fingerprint density at radius 1 is 1.16 bits per heavy atom. The second kappa shape index (κ2) is 8.57. The zero-order valence-electron chi connectivity index (χ0n) is 13.6. The van der Waals surface area contributed by atoms with Gasteiger partial charge >= 0.3 is 11.9 Å². The average Bonchev–Trinajstić information content (AvgIpc) is 2.54. The van der Waals surface area contributed by atoms with Gasteiger partial charge in [0.05, 0.1) is 22.6 Å². The molecule has 1 aromatic rings. The van der Waals surface area contributed by atoms with E-state index in [0.717, 1.165) is 19.1 Å². The Bertz CT molecular complexity index is 725. The highest BCUT2D eigenvalue weighted by atomic mass is 16.5. The van der Waals surface area contributed by atoms with Gasteiger partial charge in [-0.1, -0.05) is 6.92 Å². The number of carboxylic acid groups (broad SMARTS) is 2. The van der Waals surface area contributed by atoms with Crippen LogP contribution in [0, 0.1) is 5.92 Å². The minimum Gasteiger partial charge on any atom is -0.481 e. The molecule has 0 aliphatic rings. The van der Waals surface area contributed by atoms with Crippen LogP contribution in [0.15, 0.2) is 12.1 Å². The number of benzene rings is 1. The van der Waals surface area contributed by atoms with E-state index in [1.165, 1.54) is 0 Å². The lowest BCUT2D eigenvalue weighted by molar-refractivity contribution is -0.141. The highest BCUT2D eigenvalue weighted by molar-refractivity contribution is 6.08. The van der Waals surface area contributed by atoms with Crippen LogP contribution in [0.4, 0.5) is 0 Å². The normalized spacial score (nSPS) is 11.3. The SMILES string of the molecule is CCC(CNC(=O)c1cc(C(C)=O)c(OC=O)cc1C(=O)O)C(=O)O. The van der Waals surface area contributed by atoms with Crippen LogP contribution in [0.1, 0.15) is 51.3 Å². The topological polar surface area (TPSA) is 147 Å². The van der Waals surface area contributed by atoms with Crippen molar-refractivity contribution >= 4 is 30.1 Å². The number of aromatic carboxylic acids is 1. The molecule has 0 saturated heterocycles. The van der Waals surface area contributed by atoms with Gasteiger partial charge in [-0.25, -0.2) is 4.79 Å². The molecule has 0 aromatic heterocycles. The molecular formula is C16H17NO8. The maximum absolute atomic E-state index is 12.3. The van der Waals surface area contributed by atoms with Crippen molar-refractivity contribution in [1.29, 1.82) is 0 Å². The minimum absolute atomic E-state index is 0.0336. The molecule has 0 aliphatic heterocycles. The van der Waals surface area contributed by atoms with Gasteiger partial charge < -0.3 is 20.3 Å². The van der Waals surface area contributed by atoms with Crippen LogP contribution in [-0.2, 0) is 9.59 Å². The molecule has 0 saturated carbocycles. The lowest BCUT2D eigenvalue weighted by atomic mass is 9.99. The van der Waals surface area contributed by atoms with Crippen molar-refractivity contribution in [3.8, 4) is 5.75 Å². The number of nitrogens with one attached hydrogen (secondary N) is 1. The molecule has 0 spiro atoms. The monoisotopic (exact) mass is 351 g/mol. The molecule has 1 atom stereocenters. The van der Waals surface area contributed by atoms with E-state index in [2.05, 4.69) is 10.1 Å². The quantitative estimate of drug-likeness (QED) is 0.440. The number of ketones is 1. The van der Waals surface area contributed by atoms with Crippen molar-refractivity contribution in [2.75, 3.05) is 6.54 Å². The first-order chi connectivity index (χ1) is 11.7. The summed E-state index contributed by atoms with van der Waals surface area (Å²) in [6.07, 6.45) is 0.270. The molecule has 1 amide bonds. The molecule has 9 heteroatoms. The summed E-state index contributed by atoms with van der Waals surface area (Å²) in [7, 11) is 0. The van der Waals surface area contributed by atoms with Crippen LogP contribution in [-0.4, -0.2) is 46.9 Å². The maximum Gasteiger partial charge on any atom is 0.336 e. The Balaban J connectivity index is 3.27. The number of Topliss-reactive ketones (excluding diaryl/α,β-unsaturated/α-hetero) is 1. The van der Waals surface area contributed by atoms with Crippen molar-refractivity contribution in [3.05, 3.63) is 28.8 Å². The second-order valence-corrected chi connectivity index (χ2v) is 5.12. The highest BCUT2D eigenvalue weighted by Crippen LogP contribution is 2.25. The van der Waals surface area contributed by atoms with Crippen LogP contribution >= 0.6 is 0 Å². The summed E-state index contributed by atoms with van der Waals surface area (Å²) in [5.74, 6) is -5.07. The first-order valence-corrected chi connectivity index (χ1v) is 7.26. The van der Waals surface area contributed by atoms with Gasteiger partial charge in [0.1, 0.15) is 5.75 Å². The van der Waals surface area contributed by atoms with E-state index in [-0.39, 0.29) is 36.3 Å². The van der Waals surface area contributed by atoms with Crippen LogP contribution in [0.3, 0.4) is 0 Å². The van der Waals surface area contributed by atoms with Gasteiger partial charge in [0.15, 0.2) is 5.78 Å². The van der Waals surface area contributed by atoms with E-state index in [9.17, 15) is 29.1 Å². The third-order valence-corrected chi connectivity index (χ3v) is 3.50. The Labute approximate surface area is 142 Å². The van der Waals surface area contributed by atoms with Crippen LogP contribution < -0.4 is 10.1 Å². The number of carbonyl (C=O) groups is 5. The van der Waals surface area contributed by atoms with Crippen LogP contribution in [0.2, 0.25) is 0 Å². The Hall–Kier alpha value is -3.23. The third kappa shape index (κ3) is 4.87. The van der Waals surface area contributed by atoms with E-state index < -0.39 is 35.1 Å². The molecule has 0 fully saturated rings. The first-order valence-electron chi connectivity index (χ1n) is 7.26. The standard InChI is InChI=1S/C16H17NO8/c1-3-9(15(21)22)6-17-14(20)11-4-10(8(2)19)13(25-7-18)5-12(11)16(23)24/h4-5,7,9H,3,6H2,1-2H3,(H,17,20)(H,21,22)(H,23,24). The molecule has 0 radical (unpaired) electrons. The summed E-state index contributed by atoms with van der Waals surface area (Å²) in [4.78, 5) is 56.8. The maximum atomic E-state index is 12.3. The molecule has 1 rings (SSSR count). The van der Waals surface area contributed by atoms with Crippen LogP contribution in [0.5, 0.6) is 5.75 Å². The predicted molar refractivity (Wildman–Crippen MR) is 83.8 cm³/mol. The molecule has 0 bridgehead atoms. The molecule has 1 unspecified atom stereocenters. The zero-order chi connectivity index (χ0) is 19.1. The largest absolute Gasteiger partial charge is 0.481 e. The smallest absolute Gasteiger partial charge is 0.336 e. The van der Waals surface area contributed by atoms with Crippen molar-refractivity contribution < 1.29 is 38.9 Å². The Morgan fingerprint density at radius 2 is 1.80 bits per heavy atom. The summed E-state index contributed by atoms with van der Waals surface area (Å²) in [6.45, 7) is 2.62. The van der Waals surface area contributed by atoms with Gasteiger partial charge in [0.25, 0.3) is 12.4 Å². The summed E-state index contributed by atoms with van der Waals surface area (Å²) in [5, 5.41) is 20.6. The molecule has 1 aromatic carbocycles. The third-order valence-electron chi connectivity index (χ3n) is 3.50. The van der Waals surface area contributed by atoms with E-state index in [1.807, 2.05) is 0 Å². The van der Waals surface area contributed by atoms with Gasteiger partial charge in [-0.2, -0.15) is 0 Å². The van der Waals surface area contributed by atoms with Gasteiger partial charge in [0.2, 0.25) is 0 Å². The zero-order valence-corrected chi connectivity index (χ0v) is 13.6. The Kier molecular flexibility index (Phi) is 6.80. The number of carbonyl (C=O) groups excluding carboxylic acids is 3. The van der Waals surface area contributed by atoms with Crippen LogP contribution in [0.25, 0.3) is 0 Å². The van der Waals surface area contributed by atoms with Crippen molar-refractivity contribution in [2.45, 2.75) is 20.3 Å². The Morgan fingerprint density at radius 3 is 2.24 bits per heavy atom. The number of hydrogen-bond donors (Lipinski definition) is 3. The number of ether oxygens (including phenoxy) is 1. The molecule has 134 valence electrons. The average molecular weight is 351 g/mol. The first kappa shape index (κ1) is 19.8. The fourth-order valence-corrected chi connectivity index (χ4v) is 2.09. The molecule has 0 heterocycles. The fraction of sp³-hybridized carbons (Fsp3) is 0.312. The lowest BCUT2D eigenvalue weighted by Gasteiger charge is -2.14. The van der Waals surface area contributed by atoms with E-state index >= 15 is 0 Å². The van der Waals surface area contributed by atoms with E-state index in [0.29, 0.717) is 0 Å². The fourth-order valence-electron chi connectivity index (χ4n) is 2.09. The summed E-state index contributed by atoms with van der Waals surface area (Å²) in [5.41, 5.74) is -0.966. The van der Waals surface area contributed by atoms with E-state index in [1.54, 1.807) is 6.92 Å². The summed E-state index contributed by atoms with van der Waals surface area (Å²) >= 11 is 0. The summed E-state index contributed by atoms with van der Waals surface area (Å²) < 4.78 is 4.60. The molecule has 25 heavy (non-hydrogen) atoms. The van der Waals surface area contributed by atoms with Crippen molar-refractivity contribution in [2.24, 2.45) is 5.92 Å². The predicted octanol–water partition coefficient (Wildman–Crippen LogP) is 0.963. The number of aliphatic carboxylic acids is 1. The lowest BCUT2D eigenvalue weighted by Crippen LogP contribution is -2.33. The van der Waals surface area contributed by atoms with Crippen molar-refractivity contribution in [3.63, 3.8) is 0 Å². The molecular weight excluding hydrogens is 334 g/mol. The highest BCUT2D eigenvalue weighted by Gasteiger charge is 2.24. The number of amides is 1. The number of carboxylic acids is 2. The number of rotatable bonds is 9. The van der Waals surface area contributed by atoms with Gasteiger partial charge in [-0.15, -0.1) is 0 Å². The van der Waals surface area contributed by atoms with Gasteiger partial charge in [-0.3, -0.25) is 19.2 Å². The van der Waals surface area contributed by atoms with Crippen molar-refractivity contribution in [1.82, 2.24) is 5.32 Å². The minimum atomic E-state index is -1.47. The summed E-state index contributed by atoms with van der Waals surface area (Å²) in [6, 6.07) is 1.90. The van der Waals surface area contributed by atoms with E-state index in [4.69, 9.17) is 5.11 Å². The molecule has 9 nitrogen and oxygen atoms in total. The molecule has 0 aliphatic carbocycles. The second-order valence-electron chi connectivity index (χ2n) is 5.12. The number of hydrogen-bond acceptors (Lipinski definition) is 6. The molecule has 3 N–H and O–H groups in total. The van der Waals surface area contributed by atoms with Gasteiger partial charge in [0, 0.05) is 6.54 Å².